The van der Waals surface area contributed by atoms with E-state index in [9.17, 15) is 13.6 Å². The van der Waals surface area contributed by atoms with Gasteiger partial charge in [0.05, 0.1) is 0 Å². The summed E-state index contributed by atoms with van der Waals surface area (Å²) in [4.78, 5) is 11.2. The Morgan fingerprint density at radius 3 is 2.38 bits per heavy atom. The Morgan fingerprint density at radius 2 is 1.85 bits per heavy atom. The van der Waals surface area contributed by atoms with E-state index >= 15 is 0 Å². The Bertz CT molecular complexity index is 313. The monoisotopic (exact) mass is 182 g/mol. The fourth-order valence-electron chi connectivity index (χ4n) is 0.912. The second-order valence-corrected chi connectivity index (χ2v) is 2.49. The summed E-state index contributed by atoms with van der Waals surface area (Å²) in [5.41, 5.74) is 0.458. The molecule has 68 valence electrons. The zero-order valence-corrected chi connectivity index (χ0v) is 6.84. The van der Waals surface area contributed by atoms with Crippen LogP contribution >= 0.6 is 0 Å². The van der Waals surface area contributed by atoms with Gasteiger partial charge in [-0.3, -0.25) is 4.79 Å². The molecule has 0 atom stereocenters. The van der Waals surface area contributed by atoms with Gasteiger partial charge < -0.3 is 0 Å². The maximum atomic E-state index is 11.6. The molecule has 0 amide bonds. The van der Waals surface area contributed by atoms with E-state index in [1.807, 2.05) is 0 Å². The van der Waals surface area contributed by atoms with Gasteiger partial charge in [-0.25, -0.2) is 0 Å². The summed E-state index contributed by atoms with van der Waals surface area (Å²) >= 11 is 0. The van der Waals surface area contributed by atoms with Crippen LogP contribution in [0.4, 0.5) is 8.78 Å². The summed E-state index contributed by atoms with van der Waals surface area (Å²) in [6, 6.07) is 8.37. The maximum absolute atomic E-state index is 11.6. The van der Waals surface area contributed by atoms with Crippen molar-refractivity contribution in [2.75, 3.05) is 0 Å². The predicted octanol–water partition coefficient (Wildman–Crippen LogP) is 3.04. The lowest BCUT2D eigenvalue weighted by atomic mass is 10.1. The first-order valence-corrected chi connectivity index (χ1v) is 3.79. The number of hydrogen-bond acceptors (Lipinski definition) is 1. The van der Waals surface area contributed by atoms with Gasteiger partial charge in [-0.15, -0.1) is 0 Å². The third kappa shape index (κ3) is 3.15. The van der Waals surface area contributed by atoms with Crippen LogP contribution in [0.1, 0.15) is 16.8 Å². The molecule has 0 bridgehead atoms. The summed E-state index contributed by atoms with van der Waals surface area (Å²) in [6.07, 6.45) is -1.44. The van der Waals surface area contributed by atoms with E-state index in [4.69, 9.17) is 0 Å². The van der Waals surface area contributed by atoms with Gasteiger partial charge in [0, 0.05) is 12.0 Å². The number of carbonyl (C=O) groups is 1. The van der Waals surface area contributed by atoms with E-state index in [1.165, 1.54) is 0 Å². The molecular formula is C10H8F2O. The molecule has 1 rings (SSSR count). The van der Waals surface area contributed by atoms with E-state index in [2.05, 4.69) is 0 Å². The topological polar surface area (TPSA) is 17.1 Å². The zero-order valence-electron chi connectivity index (χ0n) is 6.84. The third-order valence-electron chi connectivity index (χ3n) is 1.54. The van der Waals surface area contributed by atoms with Crippen LogP contribution < -0.4 is 0 Å². The van der Waals surface area contributed by atoms with Crippen molar-refractivity contribution in [3.8, 4) is 0 Å². The van der Waals surface area contributed by atoms with Crippen molar-refractivity contribution in [3.63, 3.8) is 0 Å². The molecule has 1 aromatic rings. The van der Waals surface area contributed by atoms with Crippen LogP contribution in [0.3, 0.4) is 0 Å². The fourth-order valence-corrected chi connectivity index (χ4v) is 0.912. The van der Waals surface area contributed by atoms with Gasteiger partial charge in [-0.05, 0) is 6.08 Å². The lowest BCUT2D eigenvalue weighted by Gasteiger charge is -1.94. The first-order chi connectivity index (χ1) is 6.20. The predicted molar refractivity (Wildman–Crippen MR) is 45.7 cm³/mol. The molecule has 1 nitrogen and oxygen atoms in total. The van der Waals surface area contributed by atoms with Gasteiger partial charge in [-0.2, -0.15) is 8.78 Å². The number of hydrogen-bond donors (Lipinski definition) is 0. The molecule has 0 N–H and O–H groups in total. The SMILES string of the molecule is O=C(CC=C(F)F)c1ccccc1. The second kappa shape index (κ2) is 4.50. The molecule has 0 radical (unpaired) electrons. The van der Waals surface area contributed by atoms with Crippen LogP contribution in [-0.4, -0.2) is 5.78 Å². The molecule has 0 aliphatic rings. The molecule has 1 aromatic carbocycles. The number of allylic oxidation sites excluding steroid dienone is 1. The van der Waals surface area contributed by atoms with Crippen molar-refractivity contribution in [1.29, 1.82) is 0 Å². The number of carbonyl (C=O) groups excluding carboxylic acids is 1. The fraction of sp³-hybridized carbons (Fsp3) is 0.100. The molecule has 0 saturated heterocycles. The molecular weight excluding hydrogens is 174 g/mol. The third-order valence-corrected chi connectivity index (χ3v) is 1.54. The Hall–Kier alpha value is -1.51. The molecule has 0 saturated carbocycles. The number of halogens is 2. The summed E-state index contributed by atoms with van der Waals surface area (Å²) in [6.45, 7) is 0. The van der Waals surface area contributed by atoms with Gasteiger partial charge in [0.25, 0.3) is 6.08 Å². The number of Topliss-reactive ketones (excluding diaryl/α,β-unsaturated/α-hetero) is 1. The van der Waals surface area contributed by atoms with Gasteiger partial charge >= 0.3 is 0 Å². The normalized spacial score (nSPS) is 9.38. The first-order valence-electron chi connectivity index (χ1n) is 3.79. The minimum absolute atomic E-state index is 0.244. The quantitative estimate of drug-likeness (QED) is 0.656. The van der Waals surface area contributed by atoms with Crippen molar-refractivity contribution in [1.82, 2.24) is 0 Å². The smallest absolute Gasteiger partial charge is 0.266 e. The largest absolute Gasteiger partial charge is 0.294 e. The standard InChI is InChI=1S/C10H8F2O/c11-10(12)7-6-9(13)8-4-2-1-3-5-8/h1-5,7H,6H2. The average Bonchev–Trinajstić information content (AvgIpc) is 2.15. The van der Waals surface area contributed by atoms with E-state index in [-0.39, 0.29) is 12.2 Å². The Balaban J connectivity index is 2.65. The van der Waals surface area contributed by atoms with E-state index < -0.39 is 6.08 Å². The van der Waals surface area contributed by atoms with Crippen molar-refractivity contribution >= 4 is 5.78 Å². The summed E-state index contributed by atoms with van der Waals surface area (Å²) in [5.74, 6) is -0.298. The number of rotatable bonds is 3. The minimum Gasteiger partial charge on any atom is -0.294 e. The molecule has 0 aliphatic heterocycles. The molecule has 0 aromatic heterocycles. The Kier molecular flexibility index (Phi) is 3.31. The summed E-state index contributed by atoms with van der Waals surface area (Å²) < 4.78 is 23.2. The molecule has 3 heteroatoms. The van der Waals surface area contributed by atoms with Gasteiger partial charge in [-0.1, -0.05) is 30.3 Å². The maximum Gasteiger partial charge on any atom is 0.266 e. The van der Waals surface area contributed by atoms with E-state index in [0.29, 0.717) is 11.6 Å². The summed E-state index contributed by atoms with van der Waals surface area (Å²) in [7, 11) is 0. The van der Waals surface area contributed by atoms with Gasteiger partial charge in [0.1, 0.15) is 0 Å². The first kappa shape index (κ1) is 9.58. The van der Waals surface area contributed by atoms with Crippen LogP contribution in [0.5, 0.6) is 0 Å². The highest BCUT2D eigenvalue weighted by Gasteiger charge is 2.02. The summed E-state index contributed by atoms with van der Waals surface area (Å²) in [5, 5.41) is 0. The molecule has 0 spiro atoms. The van der Waals surface area contributed by atoms with Crippen molar-refractivity contribution < 1.29 is 13.6 Å². The van der Waals surface area contributed by atoms with Crippen molar-refractivity contribution in [3.05, 3.63) is 48.1 Å². The highest BCUT2D eigenvalue weighted by molar-refractivity contribution is 5.96. The Morgan fingerprint density at radius 1 is 1.23 bits per heavy atom. The lowest BCUT2D eigenvalue weighted by molar-refractivity contribution is 0.0994. The highest BCUT2D eigenvalue weighted by atomic mass is 19.3. The van der Waals surface area contributed by atoms with Crippen LogP contribution in [-0.2, 0) is 0 Å². The van der Waals surface area contributed by atoms with Gasteiger partial charge in [0.15, 0.2) is 5.78 Å². The van der Waals surface area contributed by atoms with Crippen molar-refractivity contribution in [2.24, 2.45) is 0 Å². The molecule has 0 fully saturated rings. The van der Waals surface area contributed by atoms with Crippen molar-refractivity contribution in [2.45, 2.75) is 6.42 Å². The Labute approximate surface area is 74.7 Å². The number of ketones is 1. The highest BCUT2D eigenvalue weighted by Crippen LogP contribution is 2.06. The van der Waals surface area contributed by atoms with Crippen LogP contribution in [0.15, 0.2) is 42.5 Å². The van der Waals surface area contributed by atoms with Crippen LogP contribution in [0, 0.1) is 0 Å². The van der Waals surface area contributed by atoms with Crippen LogP contribution in [0.2, 0.25) is 0 Å². The lowest BCUT2D eigenvalue weighted by Crippen LogP contribution is -1.95. The second-order valence-electron chi connectivity index (χ2n) is 2.49. The van der Waals surface area contributed by atoms with E-state index in [0.717, 1.165) is 0 Å². The minimum atomic E-state index is -1.82. The molecule has 0 heterocycles. The zero-order chi connectivity index (χ0) is 9.68. The number of benzene rings is 1. The van der Waals surface area contributed by atoms with E-state index in [1.54, 1.807) is 30.3 Å². The molecule has 13 heavy (non-hydrogen) atoms. The molecule has 0 aliphatic carbocycles. The molecule has 0 unspecified atom stereocenters. The van der Waals surface area contributed by atoms with Crippen LogP contribution in [0.25, 0.3) is 0 Å². The average molecular weight is 182 g/mol. The van der Waals surface area contributed by atoms with Gasteiger partial charge in [0.2, 0.25) is 0 Å².